The molecular weight excluding hydrogens is 208 g/mol. The molecule has 1 amide bonds. The maximum Gasteiger partial charge on any atom is 0.259 e. The highest BCUT2D eigenvalue weighted by molar-refractivity contribution is 8.13. The van der Waals surface area contributed by atoms with Gasteiger partial charge in [-0.05, 0) is 18.4 Å². The van der Waals surface area contributed by atoms with E-state index in [4.69, 9.17) is 0 Å². The lowest BCUT2D eigenvalue weighted by molar-refractivity contribution is 0.0860. The fourth-order valence-electron chi connectivity index (χ4n) is 1.53. The molecule has 1 heterocycles. The predicted octanol–water partition coefficient (Wildman–Crippen LogP) is 1.86. The summed E-state index contributed by atoms with van der Waals surface area (Å²) in [5, 5.41) is 0.823. The van der Waals surface area contributed by atoms with Gasteiger partial charge in [0.25, 0.3) is 5.91 Å². The Morgan fingerprint density at radius 3 is 2.80 bits per heavy atom. The van der Waals surface area contributed by atoms with Crippen molar-refractivity contribution in [3.63, 3.8) is 0 Å². The Kier molecular flexibility index (Phi) is 3.06. The van der Waals surface area contributed by atoms with Gasteiger partial charge in [-0.1, -0.05) is 30.0 Å². The summed E-state index contributed by atoms with van der Waals surface area (Å²) < 4.78 is 0. The second kappa shape index (κ2) is 4.49. The van der Waals surface area contributed by atoms with E-state index in [1.165, 1.54) is 11.8 Å². The van der Waals surface area contributed by atoms with Gasteiger partial charge in [-0.15, -0.1) is 0 Å². The van der Waals surface area contributed by atoms with Crippen LogP contribution in [-0.2, 0) is 0 Å². The molecule has 0 aromatic heterocycles. The van der Waals surface area contributed by atoms with Crippen LogP contribution in [0.4, 0.5) is 0 Å². The van der Waals surface area contributed by atoms with E-state index in [9.17, 15) is 4.79 Å². The molecule has 0 saturated carbocycles. The average Bonchev–Trinajstić information content (AvgIpc) is 2.77. The van der Waals surface area contributed by atoms with Gasteiger partial charge < -0.3 is 0 Å². The summed E-state index contributed by atoms with van der Waals surface area (Å²) in [5.74, 6) is 0.0428. The molecule has 0 fully saturated rings. The van der Waals surface area contributed by atoms with Gasteiger partial charge in [0.05, 0.1) is 6.54 Å². The van der Waals surface area contributed by atoms with Gasteiger partial charge in [0.2, 0.25) is 0 Å². The molecule has 1 aromatic carbocycles. The van der Waals surface area contributed by atoms with Crippen molar-refractivity contribution in [1.82, 2.24) is 4.90 Å². The molecule has 0 bridgehead atoms. The van der Waals surface area contributed by atoms with E-state index in [0.29, 0.717) is 6.54 Å². The minimum Gasteiger partial charge on any atom is -0.286 e. The zero-order valence-electron chi connectivity index (χ0n) is 8.51. The molecule has 0 radical (unpaired) electrons. The number of benzene rings is 1. The number of thioether (sulfide) groups is 1. The van der Waals surface area contributed by atoms with Crippen molar-refractivity contribution in [2.45, 2.75) is 0 Å². The van der Waals surface area contributed by atoms with Crippen LogP contribution >= 0.6 is 11.8 Å². The highest BCUT2D eigenvalue weighted by Gasteiger charge is 2.23. The highest BCUT2D eigenvalue weighted by Crippen LogP contribution is 2.15. The fourth-order valence-corrected chi connectivity index (χ4v) is 2.14. The number of aliphatic imine (C=N–C) groups is 1. The maximum atomic E-state index is 12.0. The Bertz CT molecular complexity index is 389. The van der Waals surface area contributed by atoms with Gasteiger partial charge in [-0.2, -0.15) is 0 Å². The Morgan fingerprint density at radius 2 is 2.13 bits per heavy atom. The van der Waals surface area contributed by atoms with Crippen LogP contribution in [0.15, 0.2) is 35.3 Å². The largest absolute Gasteiger partial charge is 0.286 e. The maximum absolute atomic E-state index is 12.0. The van der Waals surface area contributed by atoms with Crippen LogP contribution in [0.25, 0.3) is 0 Å². The highest BCUT2D eigenvalue weighted by atomic mass is 32.2. The molecule has 0 atom stereocenters. The summed E-state index contributed by atoms with van der Waals surface area (Å²) in [7, 11) is 0. The third kappa shape index (κ3) is 2.04. The summed E-state index contributed by atoms with van der Waals surface area (Å²) >= 11 is 1.52. The van der Waals surface area contributed by atoms with Crippen molar-refractivity contribution in [2.24, 2.45) is 4.99 Å². The van der Waals surface area contributed by atoms with Gasteiger partial charge in [-0.25, -0.2) is 0 Å². The average molecular weight is 220 g/mol. The van der Waals surface area contributed by atoms with E-state index in [2.05, 4.69) is 4.99 Å². The molecule has 0 N–H and O–H groups in total. The Labute approximate surface area is 93.2 Å². The molecule has 1 aliphatic heterocycles. The third-order valence-electron chi connectivity index (χ3n) is 2.25. The fraction of sp³-hybridized carbons (Fsp3) is 0.273. The van der Waals surface area contributed by atoms with Gasteiger partial charge in [-0.3, -0.25) is 14.7 Å². The van der Waals surface area contributed by atoms with Gasteiger partial charge in [0, 0.05) is 12.1 Å². The van der Waals surface area contributed by atoms with Crippen molar-refractivity contribution in [3.8, 4) is 0 Å². The summed E-state index contributed by atoms with van der Waals surface area (Å²) in [6.45, 7) is 1.42. The number of carbonyl (C=O) groups excluding carboxylic acids is 1. The molecule has 1 aliphatic rings. The van der Waals surface area contributed by atoms with E-state index in [1.807, 2.05) is 36.6 Å². The normalized spacial score (nSPS) is 15.3. The van der Waals surface area contributed by atoms with E-state index >= 15 is 0 Å². The van der Waals surface area contributed by atoms with Gasteiger partial charge in [0.1, 0.15) is 0 Å². The number of rotatable bonds is 1. The monoisotopic (exact) mass is 220 g/mol. The quantitative estimate of drug-likeness (QED) is 0.723. The number of hydrogen-bond donors (Lipinski definition) is 0. The van der Waals surface area contributed by atoms with Crippen LogP contribution < -0.4 is 0 Å². The molecule has 2 rings (SSSR count). The van der Waals surface area contributed by atoms with Crippen LogP contribution in [0.5, 0.6) is 0 Å². The van der Waals surface area contributed by atoms with Gasteiger partial charge >= 0.3 is 0 Å². The number of amides is 1. The first kappa shape index (κ1) is 10.2. The number of amidine groups is 1. The summed E-state index contributed by atoms with van der Waals surface area (Å²) in [4.78, 5) is 18.1. The van der Waals surface area contributed by atoms with Gasteiger partial charge in [0.15, 0.2) is 5.17 Å². The van der Waals surface area contributed by atoms with Crippen molar-refractivity contribution < 1.29 is 4.79 Å². The molecule has 78 valence electrons. The minimum atomic E-state index is 0.0428. The zero-order chi connectivity index (χ0) is 10.7. The lowest BCUT2D eigenvalue weighted by Crippen LogP contribution is -2.32. The lowest BCUT2D eigenvalue weighted by atomic mass is 10.2. The topological polar surface area (TPSA) is 32.7 Å². The molecular formula is C11H12N2OS. The van der Waals surface area contributed by atoms with Crippen molar-refractivity contribution in [3.05, 3.63) is 35.9 Å². The van der Waals surface area contributed by atoms with E-state index in [1.54, 1.807) is 4.90 Å². The summed E-state index contributed by atoms with van der Waals surface area (Å²) in [6, 6.07) is 9.32. The second-order valence-corrected chi connectivity index (χ2v) is 3.96. The first-order valence-electron chi connectivity index (χ1n) is 4.78. The number of carbonyl (C=O) groups is 1. The minimum absolute atomic E-state index is 0.0428. The Hall–Kier alpha value is -1.29. The first-order valence-corrected chi connectivity index (χ1v) is 6.01. The molecule has 0 unspecified atom stereocenters. The van der Waals surface area contributed by atoms with E-state index < -0.39 is 0 Å². The van der Waals surface area contributed by atoms with E-state index in [-0.39, 0.29) is 5.91 Å². The molecule has 3 nitrogen and oxygen atoms in total. The Morgan fingerprint density at radius 1 is 1.40 bits per heavy atom. The summed E-state index contributed by atoms with van der Waals surface area (Å²) in [6.07, 6.45) is 1.94. The van der Waals surface area contributed by atoms with Crippen LogP contribution in [0.3, 0.4) is 0 Å². The van der Waals surface area contributed by atoms with E-state index in [0.717, 1.165) is 17.3 Å². The predicted molar refractivity (Wildman–Crippen MR) is 63.3 cm³/mol. The lowest BCUT2D eigenvalue weighted by Gasteiger charge is -2.16. The number of nitrogens with zero attached hydrogens (tertiary/aromatic N) is 2. The molecule has 1 aromatic rings. The molecule has 15 heavy (non-hydrogen) atoms. The van der Waals surface area contributed by atoms with Crippen molar-refractivity contribution in [1.29, 1.82) is 0 Å². The Balaban J connectivity index is 2.19. The van der Waals surface area contributed by atoms with Crippen LogP contribution in [0.1, 0.15) is 10.4 Å². The van der Waals surface area contributed by atoms with Crippen LogP contribution in [0, 0.1) is 0 Å². The van der Waals surface area contributed by atoms with Crippen molar-refractivity contribution in [2.75, 3.05) is 19.3 Å². The molecule has 0 aliphatic carbocycles. The zero-order valence-corrected chi connectivity index (χ0v) is 9.33. The summed E-state index contributed by atoms with van der Waals surface area (Å²) in [5.41, 5.74) is 0.723. The molecule has 4 heteroatoms. The van der Waals surface area contributed by atoms with Crippen LogP contribution in [-0.4, -0.2) is 35.3 Å². The third-order valence-corrected chi connectivity index (χ3v) is 2.96. The molecule has 0 spiro atoms. The molecule has 0 saturated heterocycles. The van der Waals surface area contributed by atoms with Crippen molar-refractivity contribution >= 4 is 22.8 Å². The van der Waals surface area contributed by atoms with Crippen LogP contribution in [0.2, 0.25) is 0 Å². The standard InChI is InChI=1S/C11H12N2OS/c1-15-11-12-7-8-13(11)10(14)9-5-3-2-4-6-9/h2-6H,7-8H2,1H3. The SMILES string of the molecule is CSC1=NCCN1C(=O)c1ccccc1. The first-order chi connectivity index (χ1) is 7.33. The second-order valence-electron chi connectivity index (χ2n) is 3.19. The number of hydrogen-bond acceptors (Lipinski definition) is 3. The smallest absolute Gasteiger partial charge is 0.259 e.